The predicted molar refractivity (Wildman–Crippen MR) is 87.5 cm³/mol. The largest absolute Gasteiger partial charge is 0.508 e. The van der Waals surface area contributed by atoms with Crippen LogP contribution in [0.4, 0.5) is 0 Å². The normalized spacial score (nSPS) is 24.3. The number of benzene rings is 1. The van der Waals surface area contributed by atoms with Crippen LogP contribution in [0.2, 0.25) is 0 Å². The third kappa shape index (κ3) is 4.10. The topological polar surface area (TPSA) is 23.5 Å². The second-order valence-corrected chi connectivity index (χ2v) is 6.61. The zero-order valence-corrected chi connectivity index (χ0v) is 12.9. The van der Waals surface area contributed by atoms with E-state index in [1.54, 1.807) is 12.1 Å². The van der Waals surface area contributed by atoms with E-state index in [-0.39, 0.29) is 0 Å². The molecule has 0 bridgehead atoms. The van der Waals surface area contributed by atoms with Crippen molar-refractivity contribution in [3.8, 4) is 5.75 Å². The first kappa shape index (κ1) is 14.6. The molecule has 1 atom stereocenters. The number of allylic oxidation sites excluding steroid dienone is 1. The van der Waals surface area contributed by atoms with Gasteiger partial charge in [-0.3, -0.25) is 4.90 Å². The molecule has 1 aliphatic carbocycles. The molecule has 2 nitrogen and oxygen atoms in total. The van der Waals surface area contributed by atoms with E-state index in [1.807, 2.05) is 0 Å². The fraction of sp³-hybridized carbons (Fsp3) is 0.579. The van der Waals surface area contributed by atoms with Gasteiger partial charge in [0, 0.05) is 6.04 Å². The molecule has 2 heteroatoms. The third-order valence-corrected chi connectivity index (χ3v) is 5.12. The molecule has 1 N–H and O–H groups in total. The molecule has 1 unspecified atom stereocenters. The summed E-state index contributed by atoms with van der Waals surface area (Å²) in [5, 5.41) is 9.32. The number of likely N-dealkylation sites (tertiary alicyclic amines) is 1. The monoisotopic (exact) mass is 285 g/mol. The van der Waals surface area contributed by atoms with Gasteiger partial charge in [0.1, 0.15) is 5.75 Å². The molecular weight excluding hydrogens is 258 g/mol. The van der Waals surface area contributed by atoms with Crippen molar-refractivity contribution < 1.29 is 5.11 Å². The lowest BCUT2D eigenvalue weighted by Gasteiger charge is -2.37. The van der Waals surface area contributed by atoms with Gasteiger partial charge in [0.15, 0.2) is 0 Å². The summed E-state index contributed by atoms with van der Waals surface area (Å²) in [7, 11) is 0. The first-order valence-corrected chi connectivity index (χ1v) is 8.50. The maximum atomic E-state index is 9.32. The summed E-state index contributed by atoms with van der Waals surface area (Å²) in [6, 6.07) is 8.42. The highest BCUT2D eigenvalue weighted by Crippen LogP contribution is 2.26. The van der Waals surface area contributed by atoms with Crippen LogP contribution in [0.1, 0.15) is 44.1 Å². The van der Waals surface area contributed by atoms with E-state index in [4.69, 9.17) is 0 Å². The molecule has 0 saturated carbocycles. The number of phenolic OH excluding ortho intramolecular Hbond substituents is 1. The fourth-order valence-corrected chi connectivity index (χ4v) is 3.71. The van der Waals surface area contributed by atoms with Crippen LogP contribution in [0, 0.1) is 5.92 Å². The molecule has 2 aliphatic rings. The van der Waals surface area contributed by atoms with Gasteiger partial charge in [-0.05, 0) is 81.6 Å². The minimum absolute atomic E-state index is 0.368. The summed E-state index contributed by atoms with van der Waals surface area (Å²) in [6.07, 6.45) is 13.9. The smallest absolute Gasteiger partial charge is 0.115 e. The molecule has 21 heavy (non-hydrogen) atoms. The Labute approximate surface area is 128 Å². The number of aromatic hydroxyl groups is 1. The molecule has 0 radical (unpaired) electrons. The maximum absolute atomic E-state index is 9.32. The van der Waals surface area contributed by atoms with Crippen LogP contribution in [-0.2, 0) is 6.42 Å². The standard InChI is InChI=1S/C19H27NO/c21-19-10-8-16(9-11-19)6-7-17-12-14-20(15-13-17)18-4-2-1-3-5-18/h2,4,8-11,17-18,21H,1,3,5-7,12-15H2. The van der Waals surface area contributed by atoms with E-state index in [1.165, 1.54) is 57.2 Å². The Hall–Kier alpha value is -1.28. The average molecular weight is 285 g/mol. The lowest BCUT2D eigenvalue weighted by Crippen LogP contribution is -2.41. The van der Waals surface area contributed by atoms with Gasteiger partial charge in [0.05, 0.1) is 0 Å². The number of rotatable bonds is 4. The van der Waals surface area contributed by atoms with E-state index in [0.717, 1.165) is 18.4 Å². The van der Waals surface area contributed by atoms with Gasteiger partial charge in [0.25, 0.3) is 0 Å². The summed E-state index contributed by atoms with van der Waals surface area (Å²) in [5.74, 6) is 1.25. The van der Waals surface area contributed by atoms with Crippen LogP contribution in [0.3, 0.4) is 0 Å². The van der Waals surface area contributed by atoms with Crippen molar-refractivity contribution >= 4 is 0 Å². The van der Waals surface area contributed by atoms with Crippen molar-refractivity contribution in [2.45, 2.75) is 51.0 Å². The molecule has 1 fully saturated rings. The zero-order chi connectivity index (χ0) is 14.5. The van der Waals surface area contributed by atoms with E-state index >= 15 is 0 Å². The lowest BCUT2D eigenvalue weighted by atomic mass is 9.89. The highest BCUT2D eigenvalue weighted by atomic mass is 16.3. The number of hydrogen-bond donors (Lipinski definition) is 1. The number of nitrogens with zero attached hydrogens (tertiary/aromatic N) is 1. The zero-order valence-electron chi connectivity index (χ0n) is 12.9. The summed E-state index contributed by atoms with van der Waals surface area (Å²) in [5.41, 5.74) is 1.35. The van der Waals surface area contributed by atoms with Crippen LogP contribution in [0.25, 0.3) is 0 Å². The molecule has 114 valence electrons. The molecule has 1 aromatic rings. The Kier molecular flexibility index (Phi) is 4.97. The number of piperidine rings is 1. The van der Waals surface area contributed by atoms with E-state index in [2.05, 4.69) is 29.2 Å². The first-order chi connectivity index (χ1) is 10.3. The highest BCUT2D eigenvalue weighted by Gasteiger charge is 2.24. The van der Waals surface area contributed by atoms with Gasteiger partial charge in [-0.1, -0.05) is 24.3 Å². The predicted octanol–water partition coefficient (Wildman–Crippen LogP) is 4.15. The van der Waals surface area contributed by atoms with E-state index in [9.17, 15) is 5.11 Å². The fourth-order valence-electron chi connectivity index (χ4n) is 3.71. The molecule has 1 heterocycles. The first-order valence-electron chi connectivity index (χ1n) is 8.50. The van der Waals surface area contributed by atoms with Crippen molar-refractivity contribution in [2.24, 2.45) is 5.92 Å². The Morgan fingerprint density at radius 1 is 1.05 bits per heavy atom. The Morgan fingerprint density at radius 2 is 1.81 bits per heavy atom. The maximum Gasteiger partial charge on any atom is 0.115 e. The third-order valence-electron chi connectivity index (χ3n) is 5.12. The Balaban J connectivity index is 1.42. The van der Waals surface area contributed by atoms with Gasteiger partial charge in [0.2, 0.25) is 0 Å². The summed E-state index contributed by atoms with van der Waals surface area (Å²) >= 11 is 0. The molecule has 1 saturated heterocycles. The summed E-state index contributed by atoms with van der Waals surface area (Å²) < 4.78 is 0. The number of hydrogen-bond acceptors (Lipinski definition) is 2. The van der Waals surface area contributed by atoms with Crippen molar-refractivity contribution in [3.63, 3.8) is 0 Å². The van der Waals surface area contributed by atoms with E-state index in [0.29, 0.717) is 5.75 Å². The number of aryl methyl sites for hydroxylation is 1. The molecule has 1 aliphatic heterocycles. The molecular formula is C19H27NO. The quantitative estimate of drug-likeness (QED) is 0.840. The SMILES string of the molecule is Oc1ccc(CCC2CCN(C3C=CCCC3)CC2)cc1. The van der Waals surface area contributed by atoms with Crippen molar-refractivity contribution in [1.82, 2.24) is 4.90 Å². The van der Waals surface area contributed by atoms with Crippen LogP contribution in [0.5, 0.6) is 5.75 Å². The Bertz CT molecular complexity index is 457. The second kappa shape index (κ2) is 7.13. The van der Waals surface area contributed by atoms with Gasteiger partial charge in [-0.2, -0.15) is 0 Å². The molecule has 1 aromatic carbocycles. The molecule has 0 aromatic heterocycles. The molecule has 3 rings (SSSR count). The van der Waals surface area contributed by atoms with E-state index < -0.39 is 0 Å². The second-order valence-electron chi connectivity index (χ2n) is 6.61. The average Bonchev–Trinajstić information content (AvgIpc) is 2.56. The van der Waals surface area contributed by atoms with Crippen LogP contribution in [0.15, 0.2) is 36.4 Å². The van der Waals surface area contributed by atoms with Crippen molar-refractivity contribution in [1.29, 1.82) is 0 Å². The highest BCUT2D eigenvalue weighted by molar-refractivity contribution is 5.25. The number of phenols is 1. The van der Waals surface area contributed by atoms with Crippen molar-refractivity contribution in [2.75, 3.05) is 13.1 Å². The Morgan fingerprint density at radius 3 is 2.48 bits per heavy atom. The molecule has 0 spiro atoms. The van der Waals surface area contributed by atoms with Crippen LogP contribution < -0.4 is 0 Å². The van der Waals surface area contributed by atoms with Gasteiger partial charge < -0.3 is 5.11 Å². The minimum atomic E-state index is 0.368. The van der Waals surface area contributed by atoms with Gasteiger partial charge >= 0.3 is 0 Å². The van der Waals surface area contributed by atoms with Crippen molar-refractivity contribution in [3.05, 3.63) is 42.0 Å². The van der Waals surface area contributed by atoms with Crippen LogP contribution >= 0.6 is 0 Å². The lowest BCUT2D eigenvalue weighted by molar-refractivity contribution is 0.142. The summed E-state index contributed by atoms with van der Waals surface area (Å²) in [4.78, 5) is 2.69. The summed E-state index contributed by atoms with van der Waals surface area (Å²) in [6.45, 7) is 2.55. The van der Waals surface area contributed by atoms with Gasteiger partial charge in [-0.25, -0.2) is 0 Å². The molecule has 0 amide bonds. The van der Waals surface area contributed by atoms with Crippen LogP contribution in [-0.4, -0.2) is 29.1 Å². The minimum Gasteiger partial charge on any atom is -0.508 e. The van der Waals surface area contributed by atoms with Gasteiger partial charge in [-0.15, -0.1) is 0 Å².